The van der Waals surface area contributed by atoms with Crippen LogP contribution in [-0.2, 0) is 4.79 Å². The van der Waals surface area contributed by atoms with E-state index in [1.165, 1.54) is 12.4 Å². The molecule has 0 aromatic carbocycles. The molecular formula is C4H6N2O2. The van der Waals surface area contributed by atoms with Crippen molar-refractivity contribution < 1.29 is 10.0 Å². The van der Waals surface area contributed by atoms with Gasteiger partial charge in [-0.15, -0.1) is 0 Å². The van der Waals surface area contributed by atoms with E-state index in [1.807, 2.05) is 0 Å². The van der Waals surface area contributed by atoms with Crippen molar-refractivity contribution in [2.24, 2.45) is 0 Å². The zero-order valence-electron chi connectivity index (χ0n) is 4.16. The Hall–Kier alpha value is -1.03. The Kier molecular flexibility index (Phi) is 1.17. The molecule has 44 valence electrons. The van der Waals surface area contributed by atoms with Crippen LogP contribution in [0.25, 0.3) is 0 Å². The SMILES string of the molecule is O=C1CN(O)C=CN1. The molecule has 8 heavy (non-hydrogen) atoms. The van der Waals surface area contributed by atoms with E-state index in [2.05, 4.69) is 5.32 Å². The predicted octanol–water partition coefficient (Wildman–Crippen LogP) is -0.721. The predicted molar refractivity (Wildman–Crippen MR) is 25.8 cm³/mol. The first kappa shape index (κ1) is 5.11. The molecule has 2 N–H and O–H groups in total. The summed E-state index contributed by atoms with van der Waals surface area (Å²) in [6.45, 7) is 0.0243. The molecule has 0 bridgehead atoms. The third kappa shape index (κ3) is 0.974. The summed E-state index contributed by atoms with van der Waals surface area (Å²) >= 11 is 0. The van der Waals surface area contributed by atoms with Crippen LogP contribution in [0.5, 0.6) is 0 Å². The Morgan fingerprint density at radius 1 is 1.88 bits per heavy atom. The van der Waals surface area contributed by atoms with Crippen molar-refractivity contribution in [2.75, 3.05) is 6.54 Å². The third-order valence-electron chi connectivity index (χ3n) is 0.797. The average molecular weight is 114 g/mol. The highest BCUT2D eigenvalue weighted by Gasteiger charge is 2.05. The Balaban J connectivity index is 2.54. The Labute approximate surface area is 46.4 Å². The van der Waals surface area contributed by atoms with E-state index in [4.69, 9.17) is 5.21 Å². The van der Waals surface area contributed by atoms with Crippen LogP contribution in [0.4, 0.5) is 0 Å². The van der Waals surface area contributed by atoms with Crippen LogP contribution in [-0.4, -0.2) is 22.7 Å². The van der Waals surface area contributed by atoms with Crippen LogP contribution >= 0.6 is 0 Å². The summed E-state index contributed by atoms with van der Waals surface area (Å²) in [6, 6.07) is 0. The van der Waals surface area contributed by atoms with Gasteiger partial charge in [0.1, 0.15) is 6.54 Å². The quantitative estimate of drug-likeness (QED) is 0.437. The second kappa shape index (κ2) is 1.83. The molecule has 0 fully saturated rings. The van der Waals surface area contributed by atoms with Crippen LogP contribution < -0.4 is 5.32 Å². The summed E-state index contributed by atoms with van der Waals surface area (Å²) < 4.78 is 0. The van der Waals surface area contributed by atoms with Gasteiger partial charge in [-0.3, -0.25) is 15.1 Å². The van der Waals surface area contributed by atoms with Gasteiger partial charge in [0, 0.05) is 12.4 Å². The van der Waals surface area contributed by atoms with E-state index in [-0.39, 0.29) is 12.5 Å². The highest BCUT2D eigenvalue weighted by molar-refractivity contribution is 5.79. The normalized spacial score (nSPS) is 18.6. The van der Waals surface area contributed by atoms with Crippen LogP contribution in [0.3, 0.4) is 0 Å². The molecule has 1 rings (SSSR count). The fourth-order valence-electron chi connectivity index (χ4n) is 0.462. The highest BCUT2D eigenvalue weighted by atomic mass is 16.5. The maximum atomic E-state index is 10.3. The Morgan fingerprint density at radius 2 is 2.62 bits per heavy atom. The molecular weight excluding hydrogens is 108 g/mol. The smallest absolute Gasteiger partial charge is 0.246 e. The summed E-state index contributed by atoms with van der Waals surface area (Å²) in [5.74, 6) is -0.199. The molecule has 0 saturated heterocycles. The van der Waals surface area contributed by atoms with Gasteiger partial charge in [0.05, 0.1) is 0 Å². The number of hydroxylamine groups is 2. The summed E-state index contributed by atoms with van der Waals surface area (Å²) in [4.78, 5) is 10.3. The lowest BCUT2D eigenvalue weighted by Crippen LogP contribution is -2.34. The molecule has 1 amide bonds. The van der Waals surface area contributed by atoms with Gasteiger partial charge in [0.2, 0.25) is 5.91 Å². The number of hydrogen-bond acceptors (Lipinski definition) is 3. The zero-order valence-corrected chi connectivity index (χ0v) is 4.16. The molecule has 1 aliphatic rings. The number of hydrogen-bond donors (Lipinski definition) is 2. The van der Waals surface area contributed by atoms with Crippen molar-refractivity contribution in [2.45, 2.75) is 0 Å². The molecule has 1 aliphatic heterocycles. The monoisotopic (exact) mass is 114 g/mol. The number of rotatable bonds is 0. The molecule has 0 atom stereocenters. The number of carbonyl (C=O) groups is 1. The van der Waals surface area contributed by atoms with Crippen LogP contribution in [0.1, 0.15) is 0 Å². The number of nitrogens with zero attached hydrogens (tertiary/aromatic N) is 1. The molecule has 0 aromatic heterocycles. The van der Waals surface area contributed by atoms with E-state index in [9.17, 15) is 4.79 Å². The molecule has 0 aromatic rings. The van der Waals surface area contributed by atoms with Gasteiger partial charge in [0.25, 0.3) is 0 Å². The van der Waals surface area contributed by atoms with E-state index in [1.54, 1.807) is 0 Å². The van der Waals surface area contributed by atoms with Crippen LogP contribution in [0.15, 0.2) is 12.4 Å². The Morgan fingerprint density at radius 3 is 3.00 bits per heavy atom. The van der Waals surface area contributed by atoms with E-state index in [0.717, 1.165) is 5.06 Å². The minimum absolute atomic E-state index is 0.0243. The highest BCUT2D eigenvalue weighted by Crippen LogP contribution is 1.86. The summed E-state index contributed by atoms with van der Waals surface area (Å²) in [7, 11) is 0. The van der Waals surface area contributed by atoms with Crippen molar-refractivity contribution in [3.05, 3.63) is 12.4 Å². The largest absolute Gasteiger partial charge is 0.329 e. The summed E-state index contributed by atoms with van der Waals surface area (Å²) in [5.41, 5.74) is 0. The van der Waals surface area contributed by atoms with Gasteiger partial charge in [-0.25, -0.2) is 0 Å². The molecule has 0 saturated carbocycles. The zero-order chi connectivity index (χ0) is 5.98. The van der Waals surface area contributed by atoms with Crippen molar-refractivity contribution in [3.63, 3.8) is 0 Å². The first-order valence-corrected chi connectivity index (χ1v) is 2.20. The lowest BCUT2D eigenvalue weighted by Gasteiger charge is -2.14. The first-order valence-electron chi connectivity index (χ1n) is 2.20. The van der Waals surface area contributed by atoms with Gasteiger partial charge >= 0.3 is 0 Å². The van der Waals surface area contributed by atoms with Crippen LogP contribution in [0.2, 0.25) is 0 Å². The third-order valence-corrected chi connectivity index (χ3v) is 0.797. The Bertz CT molecular complexity index is 132. The fourth-order valence-corrected chi connectivity index (χ4v) is 0.462. The number of carbonyl (C=O) groups excluding carboxylic acids is 1. The topological polar surface area (TPSA) is 52.6 Å². The van der Waals surface area contributed by atoms with Crippen LogP contribution in [0, 0.1) is 0 Å². The van der Waals surface area contributed by atoms with Gasteiger partial charge in [0.15, 0.2) is 0 Å². The standard InChI is InChI=1S/C4H6N2O2/c7-4-3-6(8)2-1-5-4/h1-2,8H,3H2,(H,5,7). The lowest BCUT2D eigenvalue weighted by atomic mass is 10.5. The number of amides is 1. The maximum absolute atomic E-state index is 10.3. The molecule has 1 heterocycles. The minimum Gasteiger partial charge on any atom is -0.329 e. The average Bonchev–Trinajstić information content (AvgIpc) is 1.64. The fraction of sp³-hybridized carbons (Fsp3) is 0.250. The van der Waals surface area contributed by atoms with Gasteiger partial charge in [-0.05, 0) is 0 Å². The van der Waals surface area contributed by atoms with E-state index < -0.39 is 0 Å². The number of nitrogens with one attached hydrogen (secondary N) is 1. The molecule has 0 spiro atoms. The minimum atomic E-state index is -0.199. The van der Waals surface area contributed by atoms with Gasteiger partial charge in [-0.1, -0.05) is 0 Å². The molecule has 4 nitrogen and oxygen atoms in total. The summed E-state index contributed by atoms with van der Waals surface area (Å²) in [6.07, 6.45) is 2.76. The van der Waals surface area contributed by atoms with Gasteiger partial charge in [-0.2, -0.15) is 0 Å². The van der Waals surface area contributed by atoms with Crippen molar-refractivity contribution in [3.8, 4) is 0 Å². The maximum Gasteiger partial charge on any atom is 0.246 e. The molecule has 4 heteroatoms. The molecule has 0 radical (unpaired) electrons. The lowest BCUT2D eigenvalue weighted by molar-refractivity contribution is -0.131. The molecule has 0 aliphatic carbocycles. The second-order valence-electron chi connectivity index (χ2n) is 1.48. The van der Waals surface area contributed by atoms with E-state index in [0.29, 0.717) is 0 Å². The molecule has 0 unspecified atom stereocenters. The van der Waals surface area contributed by atoms with Crippen molar-refractivity contribution in [1.29, 1.82) is 0 Å². The van der Waals surface area contributed by atoms with E-state index >= 15 is 0 Å². The van der Waals surface area contributed by atoms with Crippen molar-refractivity contribution in [1.82, 2.24) is 10.4 Å². The van der Waals surface area contributed by atoms with Gasteiger partial charge < -0.3 is 5.32 Å². The summed E-state index contributed by atoms with van der Waals surface area (Å²) in [5, 5.41) is 11.8. The second-order valence-corrected chi connectivity index (χ2v) is 1.48. The van der Waals surface area contributed by atoms with Crippen molar-refractivity contribution >= 4 is 5.91 Å². The first-order chi connectivity index (χ1) is 3.79.